The highest BCUT2D eigenvalue weighted by Gasteiger charge is 2.32. The Kier molecular flexibility index (Phi) is 7.31. The van der Waals surface area contributed by atoms with Gasteiger partial charge in [0.25, 0.3) is 0 Å². The molecule has 0 aromatic heterocycles. The zero-order valence-corrected chi connectivity index (χ0v) is 14.1. The monoisotopic (exact) mass is 368 g/mol. The van der Waals surface area contributed by atoms with Crippen LogP contribution in [0.4, 0.5) is 13.2 Å². The number of hydrogen-bond acceptors (Lipinski definition) is 4. The highest BCUT2D eigenvalue weighted by atomic mass is 35.5. The first kappa shape index (κ1) is 20.5. The highest BCUT2D eigenvalue weighted by Crippen LogP contribution is 2.23. The van der Waals surface area contributed by atoms with E-state index in [1.54, 1.807) is 20.0 Å². The van der Waals surface area contributed by atoms with Crippen LogP contribution in [-0.4, -0.2) is 49.5 Å². The molecule has 1 aromatic rings. The van der Waals surface area contributed by atoms with E-state index < -0.39 is 12.4 Å². The summed E-state index contributed by atoms with van der Waals surface area (Å²) in [5, 5.41) is 3.09. The molecule has 2 rings (SSSR count). The van der Waals surface area contributed by atoms with E-state index in [0.29, 0.717) is 18.7 Å². The molecule has 0 saturated carbocycles. The molecule has 136 valence electrons. The number of benzene rings is 1. The predicted molar refractivity (Wildman–Crippen MR) is 84.1 cm³/mol. The molecule has 2 atom stereocenters. The van der Waals surface area contributed by atoms with Gasteiger partial charge >= 0.3 is 6.36 Å². The zero-order valence-electron chi connectivity index (χ0n) is 13.3. The van der Waals surface area contributed by atoms with Crippen molar-refractivity contribution in [1.29, 1.82) is 0 Å². The van der Waals surface area contributed by atoms with Crippen molar-refractivity contribution in [2.45, 2.75) is 32.0 Å². The number of rotatable bonds is 4. The van der Waals surface area contributed by atoms with E-state index in [1.165, 1.54) is 23.1 Å². The number of alkyl halides is 3. The third-order valence-corrected chi connectivity index (χ3v) is 3.51. The molecule has 1 fully saturated rings. The minimum atomic E-state index is -4.74. The number of amides is 1. The summed E-state index contributed by atoms with van der Waals surface area (Å²) in [5.74, 6) is -0.470. The minimum Gasteiger partial charge on any atom is -0.406 e. The summed E-state index contributed by atoms with van der Waals surface area (Å²) < 4.78 is 46.0. The van der Waals surface area contributed by atoms with E-state index in [4.69, 9.17) is 4.74 Å². The minimum absolute atomic E-state index is 0. The van der Waals surface area contributed by atoms with Crippen LogP contribution in [0.2, 0.25) is 0 Å². The molecule has 24 heavy (non-hydrogen) atoms. The molecule has 5 nitrogen and oxygen atoms in total. The maximum absolute atomic E-state index is 12.4. The van der Waals surface area contributed by atoms with Gasteiger partial charge < -0.3 is 19.7 Å². The van der Waals surface area contributed by atoms with Gasteiger partial charge in [-0.1, -0.05) is 12.1 Å². The summed E-state index contributed by atoms with van der Waals surface area (Å²) in [7, 11) is 1.60. The van der Waals surface area contributed by atoms with Crippen molar-refractivity contribution in [3.8, 4) is 5.75 Å². The molecule has 1 aromatic carbocycles. The fourth-order valence-electron chi connectivity index (χ4n) is 2.44. The zero-order chi connectivity index (χ0) is 17.0. The maximum Gasteiger partial charge on any atom is 0.573 e. The number of carbonyl (C=O) groups is 1. The van der Waals surface area contributed by atoms with Gasteiger partial charge in [0.15, 0.2) is 0 Å². The van der Waals surface area contributed by atoms with Gasteiger partial charge in [0.1, 0.15) is 11.8 Å². The number of halogens is 4. The fourth-order valence-corrected chi connectivity index (χ4v) is 2.44. The number of nitrogens with zero attached hydrogens (tertiary/aromatic N) is 1. The Balaban J connectivity index is 0.00000288. The normalized spacial score (nSPS) is 20.9. The molecule has 1 N–H and O–H groups in total. The van der Waals surface area contributed by atoms with Gasteiger partial charge in [-0.2, -0.15) is 0 Å². The average molecular weight is 369 g/mol. The smallest absolute Gasteiger partial charge is 0.406 e. The van der Waals surface area contributed by atoms with E-state index in [-0.39, 0.29) is 36.7 Å². The van der Waals surface area contributed by atoms with E-state index in [9.17, 15) is 18.0 Å². The van der Waals surface area contributed by atoms with Crippen molar-refractivity contribution in [1.82, 2.24) is 10.2 Å². The Morgan fingerprint density at radius 2 is 2.17 bits per heavy atom. The van der Waals surface area contributed by atoms with E-state index in [2.05, 4.69) is 10.1 Å². The second-order valence-corrected chi connectivity index (χ2v) is 5.40. The van der Waals surface area contributed by atoms with Gasteiger partial charge in [0, 0.05) is 20.1 Å². The van der Waals surface area contributed by atoms with Crippen LogP contribution >= 0.6 is 12.4 Å². The molecule has 0 unspecified atom stereocenters. The molecule has 1 saturated heterocycles. The fraction of sp³-hybridized carbons (Fsp3) is 0.533. The van der Waals surface area contributed by atoms with Crippen LogP contribution in [0, 0.1) is 0 Å². The van der Waals surface area contributed by atoms with Gasteiger partial charge in [-0.3, -0.25) is 4.79 Å². The first-order chi connectivity index (χ1) is 10.8. The SMILES string of the molecule is C[C@H]1OCCN[C@@H]1C(=O)N(C)Cc1cccc(OC(F)(F)F)c1.Cl. The number of hydrogen-bond donors (Lipinski definition) is 1. The van der Waals surface area contributed by atoms with Gasteiger partial charge in [0.2, 0.25) is 5.91 Å². The quantitative estimate of drug-likeness (QED) is 0.886. The third-order valence-electron chi connectivity index (χ3n) is 3.51. The summed E-state index contributed by atoms with van der Waals surface area (Å²) in [6.07, 6.45) is -4.99. The largest absolute Gasteiger partial charge is 0.573 e. The predicted octanol–water partition coefficient (Wildman–Crippen LogP) is 2.34. The molecule has 1 aliphatic heterocycles. The number of carbonyl (C=O) groups excluding carboxylic acids is 1. The van der Waals surface area contributed by atoms with Crippen molar-refractivity contribution >= 4 is 18.3 Å². The Morgan fingerprint density at radius 3 is 2.79 bits per heavy atom. The Bertz CT molecular complexity index is 557. The van der Waals surface area contributed by atoms with Crippen molar-refractivity contribution in [2.75, 3.05) is 20.2 Å². The summed E-state index contributed by atoms with van der Waals surface area (Å²) in [6, 6.07) is 5.13. The molecular formula is C15H20ClF3N2O3. The molecule has 0 aliphatic carbocycles. The second kappa shape index (κ2) is 8.55. The average Bonchev–Trinajstić information content (AvgIpc) is 2.45. The van der Waals surface area contributed by atoms with Gasteiger partial charge in [-0.25, -0.2) is 0 Å². The summed E-state index contributed by atoms with van der Waals surface area (Å²) >= 11 is 0. The number of nitrogens with one attached hydrogen (secondary N) is 1. The topological polar surface area (TPSA) is 50.8 Å². The molecular weight excluding hydrogens is 349 g/mol. The molecule has 0 radical (unpaired) electrons. The first-order valence-corrected chi connectivity index (χ1v) is 7.21. The van der Waals surface area contributed by atoms with Crippen LogP contribution in [0.25, 0.3) is 0 Å². The van der Waals surface area contributed by atoms with Crippen molar-refractivity contribution in [3.63, 3.8) is 0 Å². The summed E-state index contributed by atoms with van der Waals surface area (Å²) in [6.45, 7) is 3.12. The van der Waals surface area contributed by atoms with Crippen LogP contribution in [0.3, 0.4) is 0 Å². The third kappa shape index (κ3) is 5.85. The van der Waals surface area contributed by atoms with E-state index >= 15 is 0 Å². The van der Waals surface area contributed by atoms with E-state index in [1.807, 2.05) is 0 Å². The van der Waals surface area contributed by atoms with E-state index in [0.717, 1.165) is 0 Å². The highest BCUT2D eigenvalue weighted by molar-refractivity contribution is 5.85. The van der Waals surface area contributed by atoms with Crippen molar-refractivity contribution in [3.05, 3.63) is 29.8 Å². The van der Waals surface area contributed by atoms with Crippen LogP contribution in [0.15, 0.2) is 24.3 Å². The lowest BCUT2D eigenvalue weighted by Crippen LogP contribution is -2.55. The lowest BCUT2D eigenvalue weighted by Gasteiger charge is -2.32. The van der Waals surface area contributed by atoms with Crippen molar-refractivity contribution in [2.24, 2.45) is 0 Å². The number of morpholine rings is 1. The van der Waals surface area contributed by atoms with Crippen LogP contribution in [0.5, 0.6) is 5.75 Å². The number of likely N-dealkylation sites (N-methyl/N-ethyl adjacent to an activating group) is 1. The second-order valence-electron chi connectivity index (χ2n) is 5.40. The first-order valence-electron chi connectivity index (χ1n) is 7.21. The Morgan fingerprint density at radius 1 is 1.46 bits per heavy atom. The number of ether oxygens (including phenoxy) is 2. The molecule has 0 spiro atoms. The maximum atomic E-state index is 12.4. The Hall–Kier alpha value is -1.51. The van der Waals surface area contributed by atoms with Crippen LogP contribution in [-0.2, 0) is 16.1 Å². The lowest BCUT2D eigenvalue weighted by molar-refractivity contribution is -0.274. The molecule has 1 heterocycles. The van der Waals surface area contributed by atoms with Crippen molar-refractivity contribution < 1.29 is 27.4 Å². The van der Waals surface area contributed by atoms with Gasteiger partial charge in [-0.05, 0) is 24.6 Å². The summed E-state index contributed by atoms with van der Waals surface area (Å²) in [4.78, 5) is 13.9. The molecule has 1 aliphatic rings. The van der Waals surface area contributed by atoms with Gasteiger partial charge in [0.05, 0.1) is 12.7 Å². The van der Waals surface area contributed by atoms with Crippen LogP contribution in [0.1, 0.15) is 12.5 Å². The van der Waals surface area contributed by atoms with Crippen LogP contribution < -0.4 is 10.1 Å². The molecule has 1 amide bonds. The summed E-state index contributed by atoms with van der Waals surface area (Å²) in [5.41, 5.74) is 0.548. The van der Waals surface area contributed by atoms with Gasteiger partial charge in [-0.15, -0.1) is 25.6 Å². The molecule has 0 bridgehead atoms. The Labute approximate surface area is 144 Å². The lowest BCUT2D eigenvalue weighted by atomic mass is 10.1. The molecule has 9 heteroatoms. The standard InChI is InChI=1S/C15H19F3N2O3.ClH/c1-10-13(19-6-7-22-10)14(21)20(2)9-11-4-3-5-12(8-11)23-15(16,17)18;/h3-5,8,10,13,19H,6-7,9H2,1-2H3;1H/t10-,13+;/m1./s1.